The van der Waals surface area contributed by atoms with Gasteiger partial charge in [0, 0.05) is 0 Å². The molecule has 1 fully saturated rings. The Morgan fingerprint density at radius 3 is 2.16 bits per heavy atom. The van der Waals surface area contributed by atoms with E-state index >= 15 is 0 Å². The number of hydrogen-bond acceptors (Lipinski definition) is 3. The van der Waals surface area contributed by atoms with Crippen LogP contribution in [0, 0.1) is 5.41 Å². The first-order valence-corrected chi connectivity index (χ1v) is 6.73. The van der Waals surface area contributed by atoms with Crippen molar-refractivity contribution < 1.29 is 14.4 Å². The van der Waals surface area contributed by atoms with Gasteiger partial charge in [-0.2, -0.15) is 0 Å². The number of carbonyl (C=O) groups excluding carboxylic acids is 3. The molecule has 1 rings (SSSR count). The number of imide groups is 2. The Bertz CT molecular complexity index is 381. The number of nitrogens with one attached hydrogen (secondary N) is 2. The summed E-state index contributed by atoms with van der Waals surface area (Å²) in [7, 11) is 0. The van der Waals surface area contributed by atoms with E-state index in [1.165, 1.54) is 0 Å². The average molecular weight is 266 g/mol. The fraction of sp³-hybridized carbons (Fsp3) is 0.643. The van der Waals surface area contributed by atoms with Crippen LogP contribution in [0.3, 0.4) is 0 Å². The summed E-state index contributed by atoms with van der Waals surface area (Å²) in [5.74, 6) is -0.999. The van der Waals surface area contributed by atoms with E-state index in [1.54, 1.807) is 6.92 Å². The lowest BCUT2D eigenvalue weighted by Crippen LogP contribution is -2.62. The van der Waals surface area contributed by atoms with E-state index in [0.717, 1.165) is 31.3 Å². The lowest BCUT2D eigenvalue weighted by Gasteiger charge is -2.34. The molecule has 1 saturated heterocycles. The zero-order valence-electron chi connectivity index (χ0n) is 11.7. The van der Waals surface area contributed by atoms with Crippen molar-refractivity contribution in [2.45, 2.75) is 52.4 Å². The van der Waals surface area contributed by atoms with Crippen molar-refractivity contribution in [2.24, 2.45) is 5.41 Å². The van der Waals surface area contributed by atoms with E-state index < -0.39 is 23.3 Å². The maximum atomic E-state index is 12.1. The molecule has 1 aliphatic heterocycles. The Hall–Kier alpha value is -1.65. The molecule has 0 spiro atoms. The number of barbiturate groups is 1. The van der Waals surface area contributed by atoms with Gasteiger partial charge in [-0.25, -0.2) is 4.79 Å². The molecule has 0 radical (unpaired) electrons. The van der Waals surface area contributed by atoms with E-state index in [4.69, 9.17) is 0 Å². The van der Waals surface area contributed by atoms with Crippen LogP contribution in [-0.4, -0.2) is 17.8 Å². The largest absolute Gasteiger partial charge is 0.328 e. The summed E-state index contributed by atoms with van der Waals surface area (Å²) in [5.41, 5.74) is -0.414. The molecule has 106 valence electrons. The van der Waals surface area contributed by atoms with Crippen molar-refractivity contribution in [3.8, 4) is 0 Å². The fourth-order valence-corrected chi connectivity index (χ4v) is 2.42. The summed E-state index contributed by atoms with van der Waals surface area (Å²) in [6.07, 6.45) is 4.66. The molecular weight excluding hydrogens is 244 g/mol. The van der Waals surface area contributed by atoms with Gasteiger partial charge in [0.15, 0.2) is 0 Å². The van der Waals surface area contributed by atoms with Crippen LogP contribution in [0.25, 0.3) is 0 Å². The average Bonchev–Trinajstić information content (AvgIpc) is 2.30. The lowest BCUT2D eigenvalue weighted by atomic mass is 9.75. The smallest absolute Gasteiger partial charge is 0.277 e. The number of urea groups is 1. The summed E-state index contributed by atoms with van der Waals surface area (Å²) in [6.45, 7) is 7.66. The molecule has 0 saturated carbocycles. The van der Waals surface area contributed by atoms with E-state index in [-0.39, 0.29) is 6.42 Å². The van der Waals surface area contributed by atoms with Gasteiger partial charge in [0.2, 0.25) is 11.8 Å². The molecule has 1 aliphatic rings. The van der Waals surface area contributed by atoms with E-state index in [1.807, 2.05) is 0 Å². The number of amides is 4. The molecule has 0 bridgehead atoms. The van der Waals surface area contributed by atoms with Crippen molar-refractivity contribution in [1.82, 2.24) is 10.6 Å². The molecule has 0 aromatic rings. The summed E-state index contributed by atoms with van der Waals surface area (Å²) in [6, 6.07) is -0.735. The van der Waals surface area contributed by atoms with Crippen LogP contribution in [-0.2, 0) is 9.59 Å². The number of hydrogen-bond donors (Lipinski definition) is 2. The second-order valence-electron chi connectivity index (χ2n) is 5.26. The third-order valence-corrected chi connectivity index (χ3v) is 3.38. The third kappa shape index (κ3) is 3.66. The Kier molecular flexibility index (Phi) is 5.27. The lowest BCUT2D eigenvalue weighted by molar-refractivity contribution is -0.145. The minimum absolute atomic E-state index is 0.282. The quantitative estimate of drug-likeness (QED) is 0.421. The van der Waals surface area contributed by atoms with Gasteiger partial charge >= 0.3 is 6.03 Å². The second-order valence-corrected chi connectivity index (χ2v) is 5.26. The monoisotopic (exact) mass is 266 g/mol. The molecule has 4 amide bonds. The summed E-state index contributed by atoms with van der Waals surface area (Å²) in [4.78, 5) is 35.4. The van der Waals surface area contributed by atoms with Gasteiger partial charge in [0.25, 0.3) is 0 Å². The maximum absolute atomic E-state index is 12.1. The number of rotatable bonds is 7. The van der Waals surface area contributed by atoms with Gasteiger partial charge in [0.05, 0.1) is 0 Å². The van der Waals surface area contributed by atoms with E-state index in [9.17, 15) is 14.4 Å². The van der Waals surface area contributed by atoms with Crippen LogP contribution in [0.2, 0.25) is 0 Å². The van der Waals surface area contributed by atoms with Crippen molar-refractivity contribution in [2.75, 3.05) is 0 Å². The highest BCUT2D eigenvalue weighted by Crippen LogP contribution is 2.34. The van der Waals surface area contributed by atoms with Crippen molar-refractivity contribution in [1.29, 1.82) is 0 Å². The summed E-state index contributed by atoms with van der Waals surface area (Å²) >= 11 is 0. The van der Waals surface area contributed by atoms with E-state index in [0.29, 0.717) is 6.42 Å². The molecule has 2 N–H and O–H groups in total. The first-order chi connectivity index (χ1) is 8.92. The standard InChI is InChI=1S/C14H22N2O3/c1-4-5-6-7-8-14(9-10(2)3)11(17)15-13(19)16-12(14)18/h2,4-9H2,1,3H3,(H2,15,16,17,18,19). The van der Waals surface area contributed by atoms with Crippen LogP contribution in [0.1, 0.15) is 52.4 Å². The van der Waals surface area contributed by atoms with Crippen LogP contribution in [0.4, 0.5) is 4.79 Å². The van der Waals surface area contributed by atoms with Crippen LogP contribution in [0.15, 0.2) is 12.2 Å². The highest BCUT2D eigenvalue weighted by atomic mass is 16.2. The van der Waals surface area contributed by atoms with Gasteiger partial charge < -0.3 is 0 Å². The predicted octanol–water partition coefficient (Wildman–Crippen LogP) is 2.28. The Balaban J connectivity index is 2.84. The topological polar surface area (TPSA) is 75.3 Å². The minimum Gasteiger partial charge on any atom is -0.277 e. The number of carbonyl (C=O) groups is 3. The van der Waals surface area contributed by atoms with Crippen LogP contribution >= 0.6 is 0 Å². The van der Waals surface area contributed by atoms with Gasteiger partial charge in [-0.3, -0.25) is 20.2 Å². The van der Waals surface area contributed by atoms with Gasteiger partial charge in [-0.15, -0.1) is 6.58 Å². The van der Waals surface area contributed by atoms with Crippen molar-refractivity contribution in [3.63, 3.8) is 0 Å². The van der Waals surface area contributed by atoms with Crippen LogP contribution < -0.4 is 10.6 Å². The zero-order valence-corrected chi connectivity index (χ0v) is 11.7. The molecule has 5 nitrogen and oxygen atoms in total. The number of allylic oxidation sites excluding steroid dienone is 1. The molecule has 1 heterocycles. The van der Waals surface area contributed by atoms with E-state index in [2.05, 4.69) is 24.1 Å². The Morgan fingerprint density at radius 1 is 1.11 bits per heavy atom. The van der Waals surface area contributed by atoms with Gasteiger partial charge in [0.1, 0.15) is 5.41 Å². The van der Waals surface area contributed by atoms with Gasteiger partial charge in [-0.1, -0.05) is 38.2 Å². The zero-order chi connectivity index (χ0) is 14.5. The fourth-order valence-electron chi connectivity index (χ4n) is 2.42. The molecule has 0 atom stereocenters. The molecule has 0 unspecified atom stereocenters. The molecular formula is C14H22N2O3. The maximum Gasteiger partial charge on any atom is 0.328 e. The van der Waals surface area contributed by atoms with Crippen molar-refractivity contribution in [3.05, 3.63) is 12.2 Å². The first kappa shape index (κ1) is 15.4. The molecule has 19 heavy (non-hydrogen) atoms. The SMILES string of the molecule is C=C(C)CC1(CCCCCC)C(=O)NC(=O)NC1=O. The summed E-state index contributed by atoms with van der Waals surface area (Å²) in [5, 5.41) is 4.39. The molecule has 0 aliphatic carbocycles. The minimum atomic E-state index is -1.17. The highest BCUT2D eigenvalue weighted by Gasteiger charge is 2.49. The molecule has 5 heteroatoms. The number of unbranched alkanes of at least 4 members (excludes halogenated alkanes) is 3. The molecule has 0 aromatic heterocycles. The highest BCUT2D eigenvalue weighted by molar-refractivity contribution is 6.19. The Labute approximate surface area is 113 Å². The van der Waals surface area contributed by atoms with Crippen LogP contribution in [0.5, 0.6) is 0 Å². The van der Waals surface area contributed by atoms with Gasteiger partial charge in [-0.05, 0) is 19.8 Å². The third-order valence-electron chi connectivity index (χ3n) is 3.38. The second kappa shape index (κ2) is 6.50. The molecule has 0 aromatic carbocycles. The first-order valence-electron chi connectivity index (χ1n) is 6.73. The normalized spacial score (nSPS) is 17.9. The predicted molar refractivity (Wildman–Crippen MR) is 72.3 cm³/mol. The summed E-state index contributed by atoms with van der Waals surface area (Å²) < 4.78 is 0. The van der Waals surface area contributed by atoms with Crippen molar-refractivity contribution >= 4 is 17.8 Å². The Morgan fingerprint density at radius 2 is 1.68 bits per heavy atom.